The fourth-order valence-electron chi connectivity index (χ4n) is 2.45. The highest BCUT2D eigenvalue weighted by molar-refractivity contribution is 7.94. The Bertz CT molecular complexity index is 416. The number of hydrogen-bond acceptors (Lipinski definition) is 4. The van der Waals surface area contributed by atoms with Gasteiger partial charge in [0.2, 0.25) is 0 Å². The number of amides is 1. The van der Waals surface area contributed by atoms with Crippen LogP contribution in [0.3, 0.4) is 0 Å². The van der Waals surface area contributed by atoms with Gasteiger partial charge in [-0.15, -0.1) is 0 Å². The lowest BCUT2D eigenvalue weighted by atomic mass is 9.90. The van der Waals surface area contributed by atoms with E-state index in [1.807, 2.05) is 0 Å². The first-order valence-electron chi connectivity index (χ1n) is 5.64. The molecule has 0 spiro atoms. The SMILES string of the molecule is CC1(C)C(=O)N([C@@H]2CCCC[C@H]2N)S1(=O)=O. The topological polar surface area (TPSA) is 80.5 Å². The molecule has 92 valence electrons. The molecule has 1 aliphatic carbocycles. The highest BCUT2D eigenvalue weighted by Gasteiger charge is 2.62. The van der Waals surface area contributed by atoms with E-state index >= 15 is 0 Å². The fourth-order valence-corrected chi connectivity index (χ4v) is 4.20. The summed E-state index contributed by atoms with van der Waals surface area (Å²) < 4.78 is 23.7. The zero-order valence-corrected chi connectivity index (χ0v) is 10.5. The first-order chi connectivity index (χ1) is 7.30. The minimum atomic E-state index is -3.48. The van der Waals surface area contributed by atoms with E-state index in [1.54, 1.807) is 0 Å². The molecule has 0 radical (unpaired) electrons. The van der Waals surface area contributed by atoms with Gasteiger partial charge in [0.15, 0.2) is 4.75 Å². The van der Waals surface area contributed by atoms with E-state index in [0.717, 1.165) is 23.6 Å². The van der Waals surface area contributed by atoms with Gasteiger partial charge in [0.25, 0.3) is 15.9 Å². The minimum Gasteiger partial charge on any atom is -0.326 e. The predicted molar refractivity (Wildman–Crippen MR) is 60.1 cm³/mol. The number of hydrogen-bond donors (Lipinski definition) is 1. The normalized spacial score (nSPS) is 36.9. The lowest BCUT2D eigenvalue weighted by Crippen LogP contribution is -2.72. The lowest BCUT2D eigenvalue weighted by molar-refractivity contribution is -0.134. The van der Waals surface area contributed by atoms with Crippen LogP contribution in [0, 0.1) is 0 Å². The fraction of sp³-hybridized carbons (Fsp3) is 0.900. The molecule has 0 unspecified atom stereocenters. The Kier molecular flexibility index (Phi) is 2.54. The van der Waals surface area contributed by atoms with Crippen LogP contribution in [0.4, 0.5) is 0 Å². The summed E-state index contributed by atoms with van der Waals surface area (Å²) in [6.45, 7) is 2.91. The van der Waals surface area contributed by atoms with E-state index in [1.165, 1.54) is 13.8 Å². The number of rotatable bonds is 1. The van der Waals surface area contributed by atoms with E-state index in [-0.39, 0.29) is 18.0 Å². The van der Waals surface area contributed by atoms with Crippen molar-refractivity contribution in [1.29, 1.82) is 0 Å². The molecule has 1 heterocycles. The summed E-state index contributed by atoms with van der Waals surface area (Å²) in [6.07, 6.45) is 3.45. The summed E-state index contributed by atoms with van der Waals surface area (Å²) in [6, 6.07) is -0.525. The maximum absolute atomic E-state index is 12.0. The molecule has 0 aromatic carbocycles. The highest BCUT2D eigenvalue weighted by Crippen LogP contribution is 2.39. The monoisotopic (exact) mass is 246 g/mol. The van der Waals surface area contributed by atoms with Crippen molar-refractivity contribution >= 4 is 15.9 Å². The van der Waals surface area contributed by atoms with Gasteiger partial charge in [0.1, 0.15) is 0 Å². The standard InChI is InChI=1S/C10H18N2O3S/c1-10(2)9(13)12(16(10,14)15)8-6-4-3-5-7(8)11/h7-8H,3-6,11H2,1-2H3/t7-,8-/m1/s1. The van der Waals surface area contributed by atoms with Crippen molar-refractivity contribution in [2.75, 3.05) is 0 Å². The van der Waals surface area contributed by atoms with E-state index < -0.39 is 14.8 Å². The smallest absolute Gasteiger partial charge is 0.259 e. The van der Waals surface area contributed by atoms with Crippen LogP contribution in [-0.4, -0.2) is 35.5 Å². The van der Waals surface area contributed by atoms with Crippen molar-refractivity contribution in [2.24, 2.45) is 5.73 Å². The van der Waals surface area contributed by atoms with Gasteiger partial charge in [-0.05, 0) is 26.7 Å². The summed E-state index contributed by atoms with van der Waals surface area (Å²) in [5.41, 5.74) is 5.90. The predicted octanol–water partition coefficient (Wildman–Crippen LogP) is 0.207. The van der Waals surface area contributed by atoms with E-state index in [0.29, 0.717) is 6.42 Å². The molecule has 1 saturated heterocycles. The third kappa shape index (κ3) is 1.32. The summed E-state index contributed by atoms with van der Waals surface area (Å²) in [5, 5.41) is 0. The molecule has 2 rings (SSSR count). The van der Waals surface area contributed by atoms with Crippen molar-refractivity contribution in [2.45, 2.75) is 56.4 Å². The van der Waals surface area contributed by atoms with Gasteiger partial charge in [0, 0.05) is 6.04 Å². The van der Waals surface area contributed by atoms with Crippen LogP contribution >= 0.6 is 0 Å². The van der Waals surface area contributed by atoms with Crippen molar-refractivity contribution in [1.82, 2.24) is 4.31 Å². The molecule has 2 fully saturated rings. The quantitative estimate of drug-likeness (QED) is 0.717. The summed E-state index contributed by atoms with van der Waals surface area (Å²) >= 11 is 0. The lowest BCUT2D eigenvalue weighted by Gasteiger charge is -2.49. The van der Waals surface area contributed by atoms with E-state index in [4.69, 9.17) is 5.73 Å². The van der Waals surface area contributed by atoms with E-state index in [9.17, 15) is 13.2 Å². The minimum absolute atomic E-state index is 0.205. The molecule has 16 heavy (non-hydrogen) atoms. The third-order valence-corrected chi connectivity index (χ3v) is 6.12. The summed E-state index contributed by atoms with van der Waals surface area (Å²) in [7, 11) is -3.48. The summed E-state index contributed by atoms with van der Waals surface area (Å²) in [4.78, 5) is 11.8. The molecule has 0 bridgehead atoms. The molecular formula is C10H18N2O3S. The molecule has 5 nitrogen and oxygen atoms in total. The van der Waals surface area contributed by atoms with Crippen molar-refractivity contribution in [3.8, 4) is 0 Å². The van der Waals surface area contributed by atoms with Gasteiger partial charge in [-0.3, -0.25) is 4.79 Å². The van der Waals surface area contributed by atoms with Gasteiger partial charge in [-0.2, -0.15) is 0 Å². The Balaban J connectivity index is 2.27. The number of sulfonamides is 1. The number of nitrogens with zero attached hydrogens (tertiary/aromatic N) is 1. The van der Waals surface area contributed by atoms with Crippen LogP contribution < -0.4 is 5.73 Å². The van der Waals surface area contributed by atoms with Crippen LogP contribution in [0.15, 0.2) is 0 Å². The molecule has 1 saturated carbocycles. The van der Waals surface area contributed by atoms with Crippen LogP contribution in [0.1, 0.15) is 39.5 Å². The largest absolute Gasteiger partial charge is 0.326 e. The molecule has 2 atom stereocenters. The Morgan fingerprint density at radius 3 is 2.38 bits per heavy atom. The number of nitrogens with two attached hydrogens (primary N) is 1. The molecule has 0 aromatic heterocycles. The highest BCUT2D eigenvalue weighted by atomic mass is 32.2. The molecule has 1 aliphatic heterocycles. The maximum Gasteiger partial charge on any atom is 0.259 e. The van der Waals surface area contributed by atoms with Crippen molar-refractivity contribution in [3.63, 3.8) is 0 Å². The van der Waals surface area contributed by atoms with Gasteiger partial charge in [0.05, 0.1) is 6.04 Å². The molecule has 6 heteroatoms. The first kappa shape index (κ1) is 11.9. The molecular weight excluding hydrogens is 228 g/mol. The van der Waals surface area contributed by atoms with E-state index in [2.05, 4.69) is 0 Å². The first-order valence-corrected chi connectivity index (χ1v) is 7.08. The van der Waals surface area contributed by atoms with Gasteiger partial charge in [-0.25, -0.2) is 12.7 Å². The maximum atomic E-state index is 12.0. The van der Waals surface area contributed by atoms with Gasteiger partial charge < -0.3 is 5.73 Å². The molecule has 1 amide bonds. The van der Waals surface area contributed by atoms with Crippen LogP contribution in [0.5, 0.6) is 0 Å². The molecule has 2 N–H and O–H groups in total. The number of carbonyl (C=O) groups is 1. The molecule has 0 aromatic rings. The van der Waals surface area contributed by atoms with Crippen LogP contribution in [0.2, 0.25) is 0 Å². The van der Waals surface area contributed by atoms with Gasteiger partial charge >= 0.3 is 0 Å². The number of carbonyl (C=O) groups excluding carboxylic acids is 1. The van der Waals surface area contributed by atoms with Crippen molar-refractivity contribution < 1.29 is 13.2 Å². The Morgan fingerprint density at radius 1 is 1.31 bits per heavy atom. The molecule has 2 aliphatic rings. The second kappa shape index (κ2) is 3.43. The average molecular weight is 246 g/mol. The summed E-state index contributed by atoms with van der Waals surface area (Å²) in [5.74, 6) is -0.310. The van der Waals surface area contributed by atoms with Crippen molar-refractivity contribution in [3.05, 3.63) is 0 Å². The second-order valence-corrected chi connectivity index (χ2v) is 7.50. The zero-order chi connectivity index (χ0) is 12.1. The zero-order valence-electron chi connectivity index (χ0n) is 9.64. The average Bonchev–Trinajstić information content (AvgIpc) is 2.20. The Morgan fingerprint density at radius 2 is 1.88 bits per heavy atom. The van der Waals surface area contributed by atoms with Crippen LogP contribution in [0.25, 0.3) is 0 Å². The Labute approximate surface area is 96.0 Å². The van der Waals surface area contributed by atoms with Gasteiger partial charge in [-0.1, -0.05) is 12.8 Å². The van der Waals surface area contributed by atoms with Crippen LogP contribution in [-0.2, 0) is 14.8 Å². The second-order valence-electron chi connectivity index (χ2n) is 5.13. The third-order valence-electron chi connectivity index (χ3n) is 3.70. The Hall–Kier alpha value is -0.620.